The molecule has 2 aromatic rings. The van der Waals surface area contributed by atoms with E-state index in [0.29, 0.717) is 6.42 Å². The molecule has 2 rings (SSSR count). The lowest BCUT2D eigenvalue weighted by atomic mass is 10.3. The van der Waals surface area contributed by atoms with Crippen molar-refractivity contribution in [2.24, 2.45) is 0 Å². The highest BCUT2D eigenvalue weighted by molar-refractivity contribution is 14.1. The summed E-state index contributed by atoms with van der Waals surface area (Å²) < 4.78 is 1.05. The van der Waals surface area contributed by atoms with Gasteiger partial charge in [0.1, 0.15) is 0 Å². The molecule has 0 saturated heterocycles. The second-order valence-electron chi connectivity index (χ2n) is 4.08. The molecule has 20 heavy (non-hydrogen) atoms. The number of thioether (sulfide) groups is 1. The van der Waals surface area contributed by atoms with E-state index in [4.69, 9.17) is 11.6 Å². The zero-order valence-electron chi connectivity index (χ0n) is 10.6. The molecule has 0 saturated carbocycles. The number of nitrogens with one attached hydrogen (secondary N) is 1. The first-order valence-electron chi connectivity index (χ1n) is 6.08. The quantitative estimate of drug-likeness (QED) is 0.544. The summed E-state index contributed by atoms with van der Waals surface area (Å²) in [4.78, 5) is 13.0. The number of benzene rings is 2. The van der Waals surface area contributed by atoms with Crippen molar-refractivity contribution >= 4 is 57.5 Å². The van der Waals surface area contributed by atoms with E-state index in [1.807, 2.05) is 48.5 Å². The molecule has 1 N–H and O–H groups in total. The maximum Gasteiger partial charge on any atom is 0.225 e. The van der Waals surface area contributed by atoms with Crippen molar-refractivity contribution < 1.29 is 4.79 Å². The fourth-order valence-corrected chi connectivity index (χ4v) is 3.07. The molecule has 0 atom stereocenters. The minimum atomic E-state index is 0.0376. The van der Waals surface area contributed by atoms with Gasteiger partial charge in [0.2, 0.25) is 5.91 Å². The van der Waals surface area contributed by atoms with Crippen LogP contribution in [0.15, 0.2) is 53.4 Å². The van der Waals surface area contributed by atoms with Crippen LogP contribution >= 0.6 is 46.0 Å². The van der Waals surface area contributed by atoms with E-state index >= 15 is 0 Å². The van der Waals surface area contributed by atoms with Crippen molar-refractivity contribution in [2.75, 3.05) is 11.1 Å². The average Bonchev–Trinajstić information content (AvgIpc) is 2.44. The topological polar surface area (TPSA) is 29.1 Å². The first-order chi connectivity index (χ1) is 9.65. The number of para-hydroxylation sites is 1. The van der Waals surface area contributed by atoms with Crippen LogP contribution in [0, 0.1) is 3.57 Å². The summed E-state index contributed by atoms with van der Waals surface area (Å²) in [6.45, 7) is 0. The van der Waals surface area contributed by atoms with Gasteiger partial charge in [-0.3, -0.25) is 4.79 Å². The lowest BCUT2D eigenvalue weighted by molar-refractivity contribution is -0.115. The lowest BCUT2D eigenvalue weighted by Crippen LogP contribution is -2.12. The van der Waals surface area contributed by atoms with Crippen LogP contribution < -0.4 is 5.32 Å². The highest BCUT2D eigenvalue weighted by Crippen LogP contribution is 2.21. The molecule has 0 aliphatic rings. The van der Waals surface area contributed by atoms with Gasteiger partial charge in [-0.2, -0.15) is 0 Å². The Morgan fingerprint density at radius 3 is 2.55 bits per heavy atom. The number of anilines is 1. The van der Waals surface area contributed by atoms with Crippen molar-refractivity contribution in [3.8, 4) is 0 Å². The van der Waals surface area contributed by atoms with E-state index in [1.165, 1.54) is 0 Å². The van der Waals surface area contributed by atoms with Crippen molar-refractivity contribution in [3.63, 3.8) is 0 Å². The number of amides is 1. The van der Waals surface area contributed by atoms with Crippen LogP contribution in [-0.4, -0.2) is 11.7 Å². The van der Waals surface area contributed by atoms with Gasteiger partial charge in [0, 0.05) is 25.7 Å². The number of hydrogen-bond acceptors (Lipinski definition) is 2. The second kappa shape index (κ2) is 7.90. The van der Waals surface area contributed by atoms with E-state index in [9.17, 15) is 4.79 Å². The molecule has 104 valence electrons. The Balaban J connectivity index is 1.78. The molecule has 0 unspecified atom stereocenters. The van der Waals surface area contributed by atoms with Crippen molar-refractivity contribution in [3.05, 3.63) is 57.1 Å². The van der Waals surface area contributed by atoms with E-state index in [1.54, 1.807) is 11.8 Å². The van der Waals surface area contributed by atoms with Crippen molar-refractivity contribution in [1.29, 1.82) is 0 Å². The third-order valence-corrected chi connectivity index (χ3v) is 4.77. The monoisotopic (exact) mass is 417 g/mol. The van der Waals surface area contributed by atoms with Gasteiger partial charge in [-0.05, 0) is 59.0 Å². The Morgan fingerprint density at radius 2 is 1.85 bits per heavy atom. The summed E-state index contributed by atoms with van der Waals surface area (Å²) in [7, 11) is 0. The summed E-state index contributed by atoms with van der Waals surface area (Å²) >= 11 is 9.69. The van der Waals surface area contributed by atoms with Gasteiger partial charge in [-0.15, -0.1) is 11.8 Å². The molecule has 0 heterocycles. The third kappa shape index (κ3) is 5.00. The maximum absolute atomic E-state index is 11.9. The molecule has 0 spiro atoms. The van der Waals surface area contributed by atoms with Gasteiger partial charge in [0.15, 0.2) is 0 Å². The first kappa shape index (κ1) is 15.7. The lowest BCUT2D eigenvalue weighted by Gasteiger charge is -2.07. The first-order valence-corrected chi connectivity index (χ1v) is 8.52. The van der Waals surface area contributed by atoms with Crippen LogP contribution in [0.2, 0.25) is 5.02 Å². The second-order valence-corrected chi connectivity index (χ2v) is 6.85. The predicted molar refractivity (Wildman–Crippen MR) is 94.6 cm³/mol. The van der Waals surface area contributed by atoms with Gasteiger partial charge in [-0.1, -0.05) is 23.7 Å². The average molecular weight is 418 g/mol. The minimum absolute atomic E-state index is 0.0376. The number of rotatable bonds is 5. The zero-order valence-corrected chi connectivity index (χ0v) is 14.3. The van der Waals surface area contributed by atoms with Crippen molar-refractivity contribution in [1.82, 2.24) is 0 Å². The summed E-state index contributed by atoms with van der Waals surface area (Å²) in [6, 6.07) is 15.4. The van der Waals surface area contributed by atoms with Crippen LogP contribution in [0.1, 0.15) is 6.42 Å². The molecule has 0 fully saturated rings. The molecule has 1 amide bonds. The summed E-state index contributed by atoms with van der Waals surface area (Å²) in [5.74, 6) is 0.784. The molecule has 2 nitrogen and oxygen atoms in total. The highest BCUT2D eigenvalue weighted by atomic mass is 127. The van der Waals surface area contributed by atoms with Gasteiger partial charge < -0.3 is 5.32 Å². The number of carbonyl (C=O) groups excluding carboxylic acids is 1. The van der Waals surface area contributed by atoms with E-state index in [0.717, 1.165) is 24.9 Å². The Kier molecular flexibility index (Phi) is 6.19. The standard InChI is InChI=1S/C15H13ClINOS/c16-11-5-7-12(8-6-11)20-10-9-15(19)18-14-4-2-1-3-13(14)17/h1-8H,9-10H2,(H,18,19). The van der Waals surface area contributed by atoms with E-state index < -0.39 is 0 Å². The molecule has 0 aromatic heterocycles. The van der Waals surface area contributed by atoms with Crippen molar-refractivity contribution in [2.45, 2.75) is 11.3 Å². The van der Waals surface area contributed by atoms with E-state index in [2.05, 4.69) is 27.9 Å². The Morgan fingerprint density at radius 1 is 1.15 bits per heavy atom. The van der Waals surface area contributed by atoms with Gasteiger partial charge in [0.25, 0.3) is 0 Å². The van der Waals surface area contributed by atoms with Gasteiger partial charge in [0.05, 0.1) is 5.69 Å². The Labute approximate surface area is 141 Å². The van der Waals surface area contributed by atoms with Crippen LogP contribution in [0.5, 0.6) is 0 Å². The summed E-state index contributed by atoms with van der Waals surface area (Å²) in [5.41, 5.74) is 0.870. The van der Waals surface area contributed by atoms with Crippen LogP contribution in [0.25, 0.3) is 0 Å². The molecular weight excluding hydrogens is 405 g/mol. The van der Waals surface area contributed by atoms with E-state index in [-0.39, 0.29) is 5.91 Å². The maximum atomic E-state index is 11.9. The molecule has 2 aromatic carbocycles. The third-order valence-electron chi connectivity index (χ3n) is 2.56. The summed E-state index contributed by atoms with van der Waals surface area (Å²) in [5, 5.41) is 3.65. The summed E-state index contributed by atoms with van der Waals surface area (Å²) in [6.07, 6.45) is 0.484. The smallest absolute Gasteiger partial charge is 0.225 e. The largest absolute Gasteiger partial charge is 0.325 e. The predicted octanol–water partition coefficient (Wildman–Crippen LogP) is 5.07. The van der Waals surface area contributed by atoms with Crippen LogP contribution in [0.3, 0.4) is 0 Å². The highest BCUT2D eigenvalue weighted by Gasteiger charge is 2.05. The Hall–Kier alpha value is -0.720. The fraction of sp³-hybridized carbons (Fsp3) is 0.133. The minimum Gasteiger partial charge on any atom is -0.325 e. The molecule has 0 bridgehead atoms. The van der Waals surface area contributed by atoms with Gasteiger partial charge in [-0.25, -0.2) is 0 Å². The fourth-order valence-electron chi connectivity index (χ4n) is 1.57. The Bertz CT molecular complexity index is 589. The zero-order chi connectivity index (χ0) is 14.4. The number of carbonyl (C=O) groups is 1. The number of halogens is 2. The normalized spacial score (nSPS) is 10.3. The number of hydrogen-bond donors (Lipinski definition) is 1. The SMILES string of the molecule is O=C(CCSc1ccc(Cl)cc1)Nc1ccccc1I. The molecular formula is C15H13ClINOS. The molecule has 0 radical (unpaired) electrons. The molecule has 0 aliphatic carbocycles. The van der Waals surface area contributed by atoms with Crippen LogP contribution in [-0.2, 0) is 4.79 Å². The van der Waals surface area contributed by atoms with Crippen LogP contribution in [0.4, 0.5) is 5.69 Å². The van der Waals surface area contributed by atoms with Gasteiger partial charge >= 0.3 is 0 Å². The molecule has 0 aliphatic heterocycles. The molecule has 5 heteroatoms.